The third-order valence-electron chi connectivity index (χ3n) is 6.53. The van der Waals surface area contributed by atoms with E-state index in [9.17, 15) is 13.2 Å². The van der Waals surface area contributed by atoms with E-state index in [1.165, 1.54) is 21.2 Å². The number of benzene rings is 1. The normalized spacial score (nSPS) is 17.7. The Balaban J connectivity index is 1.23. The molecule has 8 nitrogen and oxygen atoms in total. The lowest BCUT2D eigenvalue weighted by Crippen LogP contribution is -2.41. The van der Waals surface area contributed by atoms with Crippen LogP contribution in [0.3, 0.4) is 0 Å². The van der Waals surface area contributed by atoms with Crippen molar-refractivity contribution in [3.8, 4) is 10.7 Å². The fourth-order valence-corrected chi connectivity index (χ4v) is 7.18. The van der Waals surface area contributed by atoms with Crippen molar-refractivity contribution in [2.24, 2.45) is 5.92 Å². The predicted octanol–water partition coefficient (Wildman–Crippen LogP) is 4.59. The first-order chi connectivity index (χ1) is 16.3. The number of aromatic nitrogens is 2. The van der Waals surface area contributed by atoms with E-state index in [1.54, 1.807) is 13.0 Å². The molecule has 1 N–H and O–H groups in total. The summed E-state index contributed by atoms with van der Waals surface area (Å²) in [6.07, 6.45) is 4.05. The van der Waals surface area contributed by atoms with Gasteiger partial charge in [0.1, 0.15) is 0 Å². The lowest BCUT2D eigenvalue weighted by Gasteiger charge is -2.30. The minimum Gasteiger partial charge on any atom is -0.339 e. The zero-order valence-electron chi connectivity index (χ0n) is 19.3. The molecule has 2 aromatic heterocycles. The molecule has 10 heteroatoms. The number of piperidine rings is 1. The van der Waals surface area contributed by atoms with Crippen molar-refractivity contribution in [1.82, 2.24) is 14.4 Å². The Kier molecular flexibility index (Phi) is 6.30. The van der Waals surface area contributed by atoms with Crippen molar-refractivity contribution in [3.63, 3.8) is 0 Å². The van der Waals surface area contributed by atoms with Crippen LogP contribution in [0.15, 0.2) is 39.8 Å². The molecule has 5 rings (SSSR count). The molecule has 34 heavy (non-hydrogen) atoms. The van der Waals surface area contributed by atoms with Crippen LogP contribution in [0.4, 0.5) is 5.69 Å². The summed E-state index contributed by atoms with van der Waals surface area (Å²) >= 11 is 1.36. The lowest BCUT2D eigenvalue weighted by atomic mass is 9.97. The molecule has 1 aromatic carbocycles. The van der Waals surface area contributed by atoms with Gasteiger partial charge < -0.3 is 9.84 Å². The van der Waals surface area contributed by atoms with E-state index in [4.69, 9.17) is 4.52 Å². The highest BCUT2D eigenvalue weighted by atomic mass is 32.2. The molecule has 0 spiro atoms. The Bertz CT molecular complexity index is 1280. The molecule has 0 unspecified atom stereocenters. The van der Waals surface area contributed by atoms with E-state index in [0.29, 0.717) is 53.3 Å². The third kappa shape index (κ3) is 4.67. The highest BCUT2D eigenvalue weighted by molar-refractivity contribution is 7.89. The van der Waals surface area contributed by atoms with E-state index in [2.05, 4.69) is 22.4 Å². The molecule has 3 aromatic rings. The SMILES string of the molecule is CCc1ccc(NC(=O)C2CCN(S(=O)(=O)c3cc(-c4noc(C5CC5)n4)sc3C)CC2)cc1. The summed E-state index contributed by atoms with van der Waals surface area (Å²) in [6.45, 7) is 4.51. The van der Waals surface area contributed by atoms with E-state index < -0.39 is 10.0 Å². The minimum absolute atomic E-state index is 0.0566. The highest BCUT2D eigenvalue weighted by Crippen LogP contribution is 2.41. The van der Waals surface area contributed by atoms with Gasteiger partial charge in [0.15, 0.2) is 0 Å². The highest BCUT2D eigenvalue weighted by Gasteiger charge is 2.35. The molecule has 2 fully saturated rings. The molecule has 0 bridgehead atoms. The molecule has 180 valence electrons. The summed E-state index contributed by atoms with van der Waals surface area (Å²) in [5, 5.41) is 7.01. The Morgan fingerprint density at radius 3 is 2.53 bits per heavy atom. The van der Waals surface area contributed by atoms with Gasteiger partial charge in [-0.2, -0.15) is 9.29 Å². The first kappa shape index (κ1) is 23.2. The van der Waals surface area contributed by atoms with Gasteiger partial charge in [0.25, 0.3) is 0 Å². The molecule has 1 saturated heterocycles. The van der Waals surface area contributed by atoms with Crippen LogP contribution in [0.25, 0.3) is 10.7 Å². The quantitative estimate of drug-likeness (QED) is 0.509. The molecule has 1 amide bonds. The number of carbonyl (C=O) groups excluding carboxylic acids is 1. The number of hydrogen-bond donors (Lipinski definition) is 1. The summed E-state index contributed by atoms with van der Waals surface area (Å²) in [7, 11) is -3.67. The molecule has 0 radical (unpaired) electrons. The predicted molar refractivity (Wildman–Crippen MR) is 130 cm³/mol. The molecule has 1 aliphatic carbocycles. The van der Waals surface area contributed by atoms with Crippen molar-refractivity contribution in [3.05, 3.63) is 46.7 Å². The van der Waals surface area contributed by atoms with Crippen LogP contribution >= 0.6 is 11.3 Å². The number of aryl methyl sites for hydroxylation is 2. The van der Waals surface area contributed by atoms with Crippen molar-refractivity contribution >= 4 is 33.0 Å². The average molecular weight is 501 g/mol. The third-order valence-corrected chi connectivity index (χ3v) is 9.73. The number of nitrogens with zero attached hydrogens (tertiary/aromatic N) is 3. The van der Waals surface area contributed by atoms with E-state index in [-0.39, 0.29) is 16.7 Å². The first-order valence-electron chi connectivity index (χ1n) is 11.7. The van der Waals surface area contributed by atoms with Gasteiger partial charge in [-0.05, 0) is 62.8 Å². The fraction of sp³-hybridized carbons (Fsp3) is 0.458. The largest absolute Gasteiger partial charge is 0.339 e. The van der Waals surface area contributed by atoms with Gasteiger partial charge in [-0.1, -0.05) is 24.2 Å². The zero-order chi connectivity index (χ0) is 23.9. The van der Waals surface area contributed by atoms with E-state index in [1.807, 2.05) is 24.3 Å². The van der Waals surface area contributed by atoms with Crippen molar-refractivity contribution in [2.75, 3.05) is 18.4 Å². The van der Waals surface area contributed by atoms with Crippen LogP contribution in [0.5, 0.6) is 0 Å². The molecule has 3 heterocycles. The summed E-state index contributed by atoms with van der Waals surface area (Å²) in [4.78, 5) is 18.8. The number of anilines is 1. The summed E-state index contributed by atoms with van der Waals surface area (Å²) < 4.78 is 33.6. The van der Waals surface area contributed by atoms with Crippen LogP contribution in [-0.4, -0.2) is 41.9 Å². The van der Waals surface area contributed by atoms with Gasteiger partial charge >= 0.3 is 0 Å². The van der Waals surface area contributed by atoms with Crippen LogP contribution in [0.2, 0.25) is 0 Å². The van der Waals surface area contributed by atoms with Gasteiger partial charge in [0.05, 0.1) is 9.77 Å². The van der Waals surface area contributed by atoms with Gasteiger partial charge in [-0.3, -0.25) is 4.79 Å². The first-order valence-corrected chi connectivity index (χ1v) is 13.9. The number of nitrogens with one attached hydrogen (secondary N) is 1. The monoisotopic (exact) mass is 500 g/mol. The maximum atomic E-state index is 13.4. The maximum Gasteiger partial charge on any atom is 0.244 e. The van der Waals surface area contributed by atoms with Gasteiger partial charge in [0, 0.05) is 35.5 Å². The Hall–Kier alpha value is -2.56. The Labute approximate surface area is 203 Å². The summed E-state index contributed by atoms with van der Waals surface area (Å²) in [6, 6.07) is 9.47. The van der Waals surface area contributed by atoms with Gasteiger partial charge in [0.2, 0.25) is 27.6 Å². The second-order valence-electron chi connectivity index (χ2n) is 8.98. The second kappa shape index (κ2) is 9.24. The van der Waals surface area contributed by atoms with Crippen molar-refractivity contribution in [1.29, 1.82) is 0 Å². The smallest absolute Gasteiger partial charge is 0.244 e. The number of amides is 1. The zero-order valence-corrected chi connectivity index (χ0v) is 20.9. The molecule has 0 atom stereocenters. The standard InChI is InChI=1S/C24H28N4O4S2/c1-3-16-4-8-19(9-5-16)25-23(29)17-10-12-28(13-11-17)34(30,31)21-14-20(33-15(21)2)22-26-24(32-27-22)18-6-7-18/h4-5,8-9,14,17-18H,3,6-7,10-13H2,1-2H3,(H,25,29). The van der Waals surface area contributed by atoms with Crippen LogP contribution < -0.4 is 5.32 Å². The maximum absolute atomic E-state index is 13.4. The number of sulfonamides is 1. The number of rotatable bonds is 7. The second-order valence-corrected chi connectivity index (χ2v) is 12.1. The van der Waals surface area contributed by atoms with Crippen molar-refractivity contribution < 1.29 is 17.7 Å². The van der Waals surface area contributed by atoms with E-state index in [0.717, 1.165) is 24.9 Å². The lowest BCUT2D eigenvalue weighted by molar-refractivity contribution is -0.120. The van der Waals surface area contributed by atoms with Crippen LogP contribution in [-0.2, 0) is 21.2 Å². The average Bonchev–Trinajstić information content (AvgIpc) is 3.43. The van der Waals surface area contributed by atoms with Crippen molar-refractivity contribution in [2.45, 2.75) is 56.8 Å². The minimum atomic E-state index is -3.67. The number of carbonyl (C=O) groups is 1. The van der Waals surface area contributed by atoms with E-state index >= 15 is 0 Å². The molecule has 1 aliphatic heterocycles. The van der Waals surface area contributed by atoms with Gasteiger partial charge in [-0.15, -0.1) is 11.3 Å². The Morgan fingerprint density at radius 2 is 1.88 bits per heavy atom. The van der Waals surface area contributed by atoms with Crippen LogP contribution in [0.1, 0.15) is 54.9 Å². The summed E-state index contributed by atoms with van der Waals surface area (Å²) in [5.41, 5.74) is 1.98. The number of thiophene rings is 1. The van der Waals surface area contributed by atoms with Gasteiger partial charge in [-0.25, -0.2) is 8.42 Å². The van der Waals surface area contributed by atoms with Crippen LogP contribution in [0, 0.1) is 12.8 Å². The molecular weight excluding hydrogens is 472 g/mol. The Morgan fingerprint density at radius 1 is 1.18 bits per heavy atom. The topological polar surface area (TPSA) is 105 Å². The fourth-order valence-electron chi connectivity index (χ4n) is 4.23. The number of hydrogen-bond acceptors (Lipinski definition) is 7. The summed E-state index contributed by atoms with van der Waals surface area (Å²) in [5.74, 6) is 1.15. The molecule has 1 saturated carbocycles. The molecular formula is C24H28N4O4S2. The molecule has 2 aliphatic rings.